The highest BCUT2D eigenvalue weighted by molar-refractivity contribution is 5.92. The Morgan fingerprint density at radius 1 is 1.18 bits per heavy atom. The molecule has 122 valence electrons. The van der Waals surface area contributed by atoms with Crippen molar-refractivity contribution in [3.63, 3.8) is 0 Å². The lowest BCUT2D eigenvalue weighted by Crippen LogP contribution is -2.45. The number of methoxy groups -OCH3 is 2. The topological polar surface area (TPSA) is 54.0 Å². The average molecular weight is 307 g/mol. The monoisotopic (exact) mass is 307 g/mol. The van der Waals surface area contributed by atoms with Crippen LogP contribution in [0, 0.1) is 0 Å². The summed E-state index contributed by atoms with van der Waals surface area (Å²) in [6.07, 6.45) is 0.476. The maximum absolute atomic E-state index is 12.1. The maximum atomic E-state index is 12.1. The zero-order chi connectivity index (χ0) is 15.9. The molecule has 0 spiro atoms. The summed E-state index contributed by atoms with van der Waals surface area (Å²) < 4.78 is 10.4. The van der Waals surface area contributed by atoms with Gasteiger partial charge in [0.2, 0.25) is 5.91 Å². The van der Waals surface area contributed by atoms with E-state index in [0.717, 1.165) is 32.7 Å². The van der Waals surface area contributed by atoms with Crippen molar-refractivity contribution >= 4 is 11.6 Å². The second kappa shape index (κ2) is 8.00. The Kier molecular flexibility index (Phi) is 6.03. The van der Waals surface area contributed by atoms with Gasteiger partial charge in [-0.15, -0.1) is 0 Å². The van der Waals surface area contributed by atoms with Crippen LogP contribution >= 0.6 is 0 Å². The van der Waals surface area contributed by atoms with Gasteiger partial charge in [0.05, 0.1) is 19.9 Å². The molecule has 1 fully saturated rings. The lowest BCUT2D eigenvalue weighted by molar-refractivity contribution is -0.116. The lowest BCUT2D eigenvalue weighted by atomic mass is 10.2. The number of carbonyl (C=O) groups is 1. The molecule has 0 bridgehead atoms. The third-order valence-corrected chi connectivity index (χ3v) is 3.93. The number of hydrogen-bond donors (Lipinski definition) is 1. The van der Waals surface area contributed by atoms with E-state index in [1.165, 1.54) is 0 Å². The number of amides is 1. The number of hydrogen-bond acceptors (Lipinski definition) is 5. The van der Waals surface area contributed by atoms with Gasteiger partial charge in [-0.25, -0.2) is 0 Å². The van der Waals surface area contributed by atoms with Gasteiger partial charge in [0, 0.05) is 45.2 Å². The molecule has 0 atom stereocenters. The van der Waals surface area contributed by atoms with Crippen molar-refractivity contribution in [2.24, 2.45) is 0 Å². The Hall–Kier alpha value is -1.79. The number of likely N-dealkylation sites (N-methyl/N-ethyl adjacent to an activating group) is 1. The van der Waals surface area contributed by atoms with Gasteiger partial charge in [0.15, 0.2) is 0 Å². The molecule has 2 rings (SSSR count). The minimum atomic E-state index is -0.00881. The minimum absolute atomic E-state index is 0.00881. The van der Waals surface area contributed by atoms with E-state index >= 15 is 0 Å². The first kappa shape index (κ1) is 16.6. The number of rotatable bonds is 6. The van der Waals surface area contributed by atoms with Crippen LogP contribution in [0.4, 0.5) is 5.69 Å². The first-order valence-electron chi connectivity index (χ1n) is 7.55. The highest BCUT2D eigenvalue weighted by Gasteiger charge is 2.15. The number of ether oxygens (including phenoxy) is 2. The van der Waals surface area contributed by atoms with Crippen molar-refractivity contribution in [3.05, 3.63) is 18.2 Å². The minimum Gasteiger partial charge on any atom is -0.497 e. The molecule has 6 heteroatoms. The molecular weight excluding hydrogens is 282 g/mol. The van der Waals surface area contributed by atoms with Gasteiger partial charge < -0.3 is 24.6 Å². The highest BCUT2D eigenvalue weighted by atomic mass is 16.5. The molecule has 1 amide bonds. The van der Waals surface area contributed by atoms with Crippen LogP contribution < -0.4 is 14.8 Å². The van der Waals surface area contributed by atoms with Gasteiger partial charge in [0.25, 0.3) is 0 Å². The summed E-state index contributed by atoms with van der Waals surface area (Å²) in [5.74, 6) is 1.31. The fraction of sp³-hybridized carbons (Fsp3) is 0.562. The second-order valence-corrected chi connectivity index (χ2v) is 5.51. The van der Waals surface area contributed by atoms with E-state index in [-0.39, 0.29) is 5.91 Å². The van der Waals surface area contributed by atoms with Gasteiger partial charge in [-0.05, 0) is 19.2 Å². The largest absolute Gasteiger partial charge is 0.497 e. The zero-order valence-electron chi connectivity index (χ0n) is 13.6. The van der Waals surface area contributed by atoms with Gasteiger partial charge in [0.1, 0.15) is 11.5 Å². The molecule has 0 radical (unpaired) electrons. The Labute approximate surface area is 132 Å². The van der Waals surface area contributed by atoms with Crippen LogP contribution in [-0.2, 0) is 4.79 Å². The van der Waals surface area contributed by atoms with E-state index < -0.39 is 0 Å². The first-order valence-corrected chi connectivity index (χ1v) is 7.55. The molecule has 0 saturated carbocycles. The van der Waals surface area contributed by atoms with Crippen LogP contribution in [0.1, 0.15) is 6.42 Å². The summed E-state index contributed by atoms with van der Waals surface area (Å²) in [6, 6.07) is 5.36. The van der Waals surface area contributed by atoms with E-state index in [2.05, 4.69) is 22.2 Å². The molecule has 1 aliphatic rings. The predicted octanol–water partition coefficient (Wildman–Crippen LogP) is 1.28. The van der Waals surface area contributed by atoms with Crippen LogP contribution in [0.3, 0.4) is 0 Å². The van der Waals surface area contributed by atoms with Crippen LogP contribution in [0.5, 0.6) is 11.5 Å². The molecule has 0 aliphatic carbocycles. The highest BCUT2D eigenvalue weighted by Crippen LogP contribution is 2.28. The van der Waals surface area contributed by atoms with E-state index in [1.54, 1.807) is 32.4 Å². The second-order valence-electron chi connectivity index (χ2n) is 5.51. The van der Waals surface area contributed by atoms with Crippen LogP contribution in [-0.4, -0.2) is 69.7 Å². The van der Waals surface area contributed by atoms with Gasteiger partial charge in [-0.1, -0.05) is 0 Å². The van der Waals surface area contributed by atoms with Gasteiger partial charge >= 0.3 is 0 Å². The van der Waals surface area contributed by atoms with Crippen molar-refractivity contribution in [1.29, 1.82) is 0 Å². The molecule has 1 aliphatic heterocycles. The number of carbonyl (C=O) groups excluding carboxylic acids is 1. The Balaban J connectivity index is 1.86. The normalized spacial score (nSPS) is 16.3. The van der Waals surface area contributed by atoms with Crippen molar-refractivity contribution in [1.82, 2.24) is 9.80 Å². The number of anilines is 1. The quantitative estimate of drug-likeness (QED) is 0.858. The standard InChI is InChI=1S/C16H25N3O3/c1-18-8-10-19(11-9-18)7-6-16(20)17-14-12-13(21-2)4-5-15(14)22-3/h4-5,12H,6-11H2,1-3H3,(H,17,20). The maximum Gasteiger partial charge on any atom is 0.225 e. The molecule has 6 nitrogen and oxygen atoms in total. The molecule has 1 aromatic rings. The molecular formula is C16H25N3O3. The smallest absolute Gasteiger partial charge is 0.225 e. The third-order valence-electron chi connectivity index (χ3n) is 3.93. The van der Waals surface area contributed by atoms with Crippen LogP contribution in [0.25, 0.3) is 0 Å². The number of nitrogens with one attached hydrogen (secondary N) is 1. The van der Waals surface area contributed by atoms with Gasteiger partial charge in [-0.2, -0.15) is 0 Å². The number of benzene rings is 1. The van der Waals surface area contributed by atoms with E-state index in [0.29, 0.717) is 23.6 Å². The van der Waals surface area contributed by atoms with E-state index in [1.807, 2.05) is 0 Å². The summed E-state index contributed by atoms with van der Waals surface area (Å²) >= 11 is 0. The molecule has 1 heterocycles. The van der Waals surface area contributed by atoms with Crippen molar-refractivity contribution in [2.45, 2.75) is 6.42 Å². The molecule has 1 N–H and O–H groups in total. The molecule has 0 aromatic heterocycles. The molecule has 0 unspecified atom stereocenters. The molecule has 22 heavy (non-hydrogen) atoms. The van der Waals surface area contributed by atoms with Crippen molar-refractivity contribution in [2.75, 3.05) is 59.3 Å². The Bertz CT molecular complexity index is 499. The zero-order valence-corrected chi connectivity index (χ0v) is 13.6. The van der Waals surface area contributed by atoms with Crippen molar-refractivity contribution in [3.8, 4) is 11.5 Å². The summed E-state index contributed by atoms with van der Waals surface area (Å²) in [6.45, 7) is 4.95. The number of piperazine rings is 1. The summed E-state index contributed by atoms with van der Waals surface area (Å²) in [7, 11) is 5.31. The fourth-order valence-electron chi connectivity index (χ4n) is 2.46. The van der Waals surface area contributed by atoms with Gasteiger partial charge in [-0.3, -0.25) is 4.79 Å². The fourth-order valence-corrected chi connectivity index (χ4v) is 2.46. The number of nitrogens with zero attached hydrogens (tertiary/aromatic N) is 2. The predicted molar refractivity (Wildman–Crippen MR) is 86.7 cm³/mol. The van der Waals surface area contributed by atoms with Crippen molar-refractivity contribution < 1.29 is 14.3 Å². The summed E-state index contributed by atoms with van der Waals surface area (Å²) in [4.78, 5) is 16.8. The Morgan fingerprint density at radius 2 is 1.91 bits per heavy atom. The van der Waals surface area contributed by atoms with E-state index in [9.17, 15) is 4.79 Å². The van der Waals surface area contributed by atoms with Crippen LogP contribution in [0.2, 0.25) is 0 Å². The average Bonchev–Trinajstić information content (AvgIpc) is 2.54. The molecule has 1 saturated heterocycles. The lowest BCUT2D eigenvalue weighted by Gasteiger charge is -2.32. The SMILES string of the molecule is COc1ccc(OC)c(NC(=O)CCN2CCN(C)CC2)c1. The molecule has 1 aromatic carbocycles. The summed E-state index contributed by atoms with van der Waals surface area (Å²) in [5.41, 5.74) is 0.644. The first-order chi connectivity index (χ1) is 10.6. The van der Waals surface area contributed by atoms with E-state index in [4.69, 9.17) is 9.47 Å². The third kappa shape index (κ3) is 4.61. The van der Waals surface area contributed by atoms with Crippen LogP contribution in [0.15, 0.2) is 18.2 Å². The Morgan fingerprint density at radius 3 is 2.55 bits per heavy atom. The summed E-state index contributed by atoms with van der Waals surface area (Å²) in [5, 5.41) is 2.90.